The summed E-state index contributed by atoms with van der Waals surface area (Å²) in [5.74, 6) is 5.43. The Bertz CT molecular complexity index is 286. The van der Waals surface area contributed by atoms with Gasteiger partial charge in [-0.05, 0) is 12.1 Å². The highest BCUT2D eigenvalue weighted by Gasteiger charge is 2.02. The number of nitrogens with two attached hydrogens (primary N) is 1. The SMILES string of the molecule is CNC(=O)c1ccnc(NN)c1. The van der Waals surface area contributed by atoms with Crippen LogP contribution in [0.25, 0.3) is 0 Å². The third-order valence-electron chi connectivity index (χ3n) is 1.40. The van der Waals surface area contributed by atoms with E-state index in [9.17, 15) is 4.79 Å². The van der Waals surface area contributed by atoms with Gasteiger partial charge in [0.15, 0.2) is 0 Å². The Balaban J connectivity index is 2.93. The normalized spacial score (nSPS) is 9.17. The molecule has 0 aliphatic rings. The summed E-state index contributed by atoms with van der Waals surface area (Å²) in [5.41, 5.74) is 2.88. The van der Waals surface area contributed by atoms with Crippen LogP contribution in [0.5, 0.6) is 0 Å². The van der Waals surface area contributed by atoms with Crippen molar-refractivity contribution in [2.24, 2.45) is 5.84 Å². The van der Waals surface area contributed by atoms with E-state index in [2.05, 4.69) is 15.7 Å². The second-order valence-electron chi connectivity index (χ2n) is 2.15. The summed E-state index contributed by atoms with van der Waals surface area (Å²) in [6, 6.07) is 3.18. The second kappa shape index (κ2) is 3.68. The average Bonchev–Trinajstić information content (AvgIpc) is 2.17. The number of carbonyl (C=O) groups is 1. The number of nitrogens with zero attached hydrogens (tertiary/aromatic N) is 1. The van der Waals surface area contributed by atoms with Crippen LogP contribution in [0.4, 0.5) is 5.82 Å². The third kappa shape index (κ3) is 1.70. The van der Waals surface area contributed by atoms with Crippen LogP contribution in [0.15, 0.2) is 18.3 Å². The number of nitrogens with one attached hydrogen (secondary N) is 2. The van der Waals surface area contributed by atoms with E-state index in [4.69, 9.17) is 5.84 Å². The molecule has 1 aromatic heterocycles. The Hall–Kier alpha value is -1.62. The first kappa shape index (κ1) is 8.48. The Morgan fingerprint density at radius 2 is 2.42 bits per heavy atom. The Labute approximate surface area is 70.0 Å². The summed E-state index contributed by atoms with van der Waals surface area (Å²) in [4.78, 5) is 14.9. The van der Waals surface area contributed by atoms with Gasteiger partial charge in [-0.1, -0.05) is 0 Å². The quantitative estimate of drug-likeness (QED) is 0.417. The van der Waals surface area contributed by atoms with Gasteiger partial charge in [0.1, 0.15) is 5.82 Å². The third-order valence-corrected chi connectivity index (χ3v) is 1.40. The van der Waals surface area contributed by atoms with E-state index in [0.717, 1.165) is 0 Å². The zero-order chi connectivity index (χ0) is 8.97. The van der Waals surface area contributed by atoms with Crippen molar-refractivity contribution in [1.82, 2.24) is 10.3 Å². The van der Waals surface area contributed by atoms with E-state index in [-0.39, 0.29) is 5.91 Å². The second-order valence-corrected chi connectivity index (χ2v) is 2.15. The smallest absolute Gasteiger partial charge is 0.251 e. The number of hydrogen-bond acceptors (Lipinski definition) is 4. The van der Waals surface area contributed by atoms with Crippen molar-refractivity contribution in [1.29, 1.82) is 0 Å². The molecule has 1 rings (SSSR count). The molecule has 0 aliphatic carbocycles. The minimum atomic E-state index is -0.158. The minimum Gasteiger partial charge on any atom is -0.355 e. The van der Waals surface area contributed by atoms with Crippen molar-refractivity contribution in [3.63, 3.8) is 0 Å². The summed E-state index contributed by atoms with van der Waals surface area (Å²) in [7, 11) is 1.57. The maximum Gasteiger partial charge on any atom is 0.251 e. The Morgan fingerprint density at radius 1 is 1.67 bits per heavy atom. The lowest BCUT2D eigenvalue weighted by atomic mass is 10.2. The molecule has 0 radical (unpaired) electrons. The summed E-state index contributed by atoms with van der Waals surface area (Å²) >= 11 is 0. The van der Waals surface area contributed by atoms with Gasteiger partial charge in [0.25, 0.3) is 5.91 Å². The zero-order valence-electron chi connectivity index (χ0n) is 6.66. The molecule has 0 fully saturated rings. The Kier molecular flexibility index (Phi) is 2.60. The molecule has 0 bridgehead atoms. The summed E-state index contributed by atoms with van der Waals surface area (Å²) in [5, 5.41) is 2.50. The zero-order valence-corrected chi connectivity index (χ0v) is 6.66. The molecule has 0 spiro atoms. The predicted octanol–water partition coefficient (Wildman–Crippen LogP) is -0.273. The van der Waals surface area contributed by atoms with Crippen molar-refractivity contribution < 1.29 is 4.79 Å². The van der Waals surface area contributed by atoms with E-state index in [1.54, 1.807) is 19.2 Å². The highest BCUT2D eigenvalue weighted by molar-refractivity contribution is 5.94. The maximum atomic E-state index is 11.1. The number of carbonyl (C=O) groups excluding carboxylic acids is 1. The van der Waals surface area contributed by atoms with Gasteiger partial charge in [-0.3, -0.25) is 4.79 Å². The van der Waals surface area contributed by atoms with Gasteiger partial charge >= 0.3 is 0 Å². The molecule has 0 atom stereocenters. The highest BCUT2D eigenvalue weighted by atomic mass is 16.1. The van der Waals surface area contributed by atoms with E-state index in [1.807, 2.05) is 0 Å². The molecule has 0 unspecified atom stereocenters. The number of nitrogen functional groups attached to an aromatic ring is 1. The van der Waals surface area contributed by atoms with Gasteiger partial charge in [0, 0.05) is 18.8 Å². The van der Waals surface area contributed by atoms with E-state index in [1.165, 1.54) is 6.20 Å². The van der Waals surface area contributed by atoms with Crippen LogP contribution in [0.1, 0.15) is 10.4 Å². The molecular formula is C7H10N4O. The lowest BCUT2D eigenvalue weighted by molar-refractivity contribution is 0.0963. The lowest BCUT2D eigenvalue weighted by Crippen LogP contribution is -2.18. The molecule has 64 valence electrons. The first-order valence-corrected chi connectivity index (χ1v) is 3.42. The van der Waals surface area contributed by atoms with Gasteiger partial charge in [0.05, 0.1) is 0 Å². The molecule has 0 aromatic carbocycles. The van der Waals surface area contributed by atoms with Gasteiger partial charge in [-0.2, -0.15) is 0 Å². The van der Waals surface area contributed by atoms with Crippen molar-refractivity contribution in [3.05, 3.63) is 23.9 Å². The summed E-state index contributed by atoms with van der Waals surface area (Å²) in [6.07, 6.45) is 1.51. The summed E-state index contributed by atoms with van der Waals surface area (Å²) in [6.45, 7) is 0. The van der Waals surface area contributed by atoms with Gasteiger partial charge in [-0.15, -0.1) is 0 Å². The molecule has 5 heteroatoms. The number of anilines is 1. The van der Waals surface area contributed by atoms with Crippen LogP contribution in [-0.4, -0.2) is 17.9 Å². The van der Waals surface area contributed by atoms with Crippen LogP contribution in [-0.2, 0) is 0 Å². The summed E-state index contributed by atoms with van der Waals surface area (Å²) < 4.78 is 0. The van der Waals surface area contributed by atoms with Crippen LogP contribution in [0, 0.1) is 0 Å². The van der Waals surface area contributed by atoms with E-state index >= 15 is 0 Å². The van der Waals surface area contributed by atoms with Crippen LogP contribution in [0.2, 0.25) is 0 Å². The van der Waals surface area contributed by atoms with Crippen LogP contribution < -0.4 is 16.6 Å². The van der Waals surface area contributed by atoms with Gasteiger partial charge in [0.2, 0.25) is 0 Å². The first-order chi connectivity index (χ1) is 5.77. The van der Waals surface area contributed by atoms with Gasteiger partial charge < -0.3 is 10.7 Å². The predicted molar refractivity (Wildman–Crippen MR) is 45.4 cm³/mol. The lowest BCUT2D eigenvalue weighted by Gasteiger charge is -2.01. The average molecular weight is 166 g/mol. The highest BCUT2D eigenvalue weighted by Crippen LogP contribution is 2.04. The largest absolute Gasteiger partial charge is 0.355 e. The fourth-order valence-electron chi connectivity index (χ4n) is 0.795. The number of pyridine rings is 1. The molecule has 0 aliphatic heterocycles. The first-order valence-electron chi connectivity index (χ1n) is 3.42. The fraction of sp³-hybridized carbons (Fsp3) is 0.143. The number of rotatable bonds is 2. The molecule has 5 nitrogen and oxygen atoms in total. The molecule has 4 N–H and O–H groups in total. The van der Waals surface area contributed by atoms with Crippen molar-refractivity contribution in [3.8, 4) is 0 Å². The number of aromatic nitrogens is 1. The van der Waals surface area contributed by atoms with Crippen LogP contribution in [0.3, 0.4) is 0 Å². The minimum absolute atomic E-state index is 0.158. The standard InChI is InChI=1S/C7H10N4O/c1-9-7(12)5-2-3-10-6(4-5)11-8/h2-4H,8H2,1H3,(H,9,12)(H,10,11). The topological polar surface area (TPSA) is 80.0 Å². The van der Waals surface area contributed by atoms with Gasteiger partial charge in [-0.25, -0.2) is 10.8 Å². The maximum absolute atomic E-state index is 11.1. The van der Waals surface area contributed by atoms with E-state index < -0.39 is 0 Å². The molecule has 1 aromatic rings. The monoisotopic (exact) mass is 166 g/mol. The number of hydrazine groups is 1. The van der Waals surface area contributed by atoms with Crippen molar-refractivity contribution in [2.75, 3.05) is 12.5 Å². The van der Waals surface area contributed by atoms with Crippen molar-refractivity contribution >= 4 is 11.7 Å². The molecule has 1 amide bonds. The number of amides is 1. The van der Waals surface area contributed by atoms with E-state index in [0.29, 0.717) is 11.4 Å². The molecule has 1 heterocycles. The van der Waals surface area contributed by atoms with Crippen LogP contribution >= 0.6 is 0 Å². The molecular weight excluding hydrogens is 156 g/mol. The molecule has 0 saturated carbocycles. The number of hydrogen-bond donors (Lipinski definition) is 3. The molecule has 12 heavy (non-hydrogen) atoms. The Morgan fingerprint density at radius 3 is 3.00 bits per heavy atom. The fourth-order valence-corrected chi connectivity index (χ4v) is 0.795. The molecule has 0 saturated heterocycles. The van der Waals surface area contributed by atoms with Crippen molar-refractivity contribution in [2.45, 2.75) is 0 Å².